The van der Waals surface area contributed by atoms with Gasteiger partial charge < -0.3 is 0 Å². The maximum atomic E-state index is 8.94. The fraction of sp³-hybridized carbons (Fsp3) is 0.0833. The Labute approximate surface area is 87.3 Å². The van der Waals surface area contributed by atoms with Crippen molar-refractivity contribution in [3.63, 3.8) is 0 Å². The molecule has 1 aromatic heterocycles. The van der Waals surface area contributed by atoms with Crippen LogP contribution in [0.4, 0.5) is 0 Å². The van der Waals surface area contributed by atoms with Gasteiger partial charge in [0.15, 0.2) is 0 Å². The summed E-state index contributed by atoms with van der Waals surface area (Å²) in [5.74, 6) is 0. The van der Waals surface area contributed by atoms with E-state index in [1.807, 2.05) is 24.3 Å². The van der Waals surface area contributed by atoms with Crippen LogP contribution in [0.1, 0.15) is 10.4 Å². The van der Waals surface area contributed by atoms with E-state index >= 15 is 0 Å². The number of aryl methyl sites for hydroxylation is 1. The molecular formula is C12H9NS. The molecule has 0 fully saturated rings. The van der Waals surface area contributed by atoms with Gasteiger partial charge in [0.05, 0.1) is 11.6 Å². The first kappa shape index (κ1) is 8.98. The van der Waals surface area contributed by atoms with E-state index in [1.165, 1.54) is 4.88 Å². The van der Waals surface area contributed by atoms with Gasteiger partial charge in [-0.15, -0.1) is 11.3 Å². The predicted octanol–water partition coefficient (Wildman–Crippen LogP) is 3.60. The second-order valence-electron chi connectivity index (χ2n) is 3.10. The molecule has 0 unspecified atom stereocenters. The molecule has 0 saturated carbocycles. The number of hydrogen-bond donors (Lipinski definition) is 0. The van der Waals surface area contributed by atoms with Gasteiger partial charge in [0.2, 0.25) is 0 Å². The minimum Gasteiger partial charge on any atom is -0.192 e. The fourth-order valence-electron chi connectivity index (χ4n) is 1.42. The van der Waals surface area contributed by atoms with Crippen molar-refractivity contribution in [3.05, 3.63) is 46.2 Å². The average molecular weight is 199 g/mol. The molecule has 0 aliphatic carbocycles. The van der Waals surface area contributed by atoms with Crippen molar-refractivity contribution in [2.24, 2.45) is 0 Å². The molecule has 14 heavy (non-hydrogen) atoms. The normalized spacial score (nSPS) is 9.71. The minimum absolute atomic E-state index is 0.741. The lowest BCUT2D eigenvalue weighted by Gasteiger charge is -1.99. The zero-order valence-corrected chi connectivity index (χ0v) is 8.64. The van der Waals surface area contributed by atoms with Gasteiger partial charge >= 0.3 is 0 Å². The molecule has 2 heteroatoms. The second-order valence-corrected chi connectivity index (χ2v) is 4.22. The molecule has 1 nitrogen and oxygen atoms in total. The van der Waals surface area contributed by atoms with E-state index in [-0.39, 0.29) is 0 Å². The monoisotopic (exact) mass is 199 g/mol. The Hall–Kier alpha value is -1.59. The van der Waals surface area contributed by atoms with E-state index in [2.05, 4.69) is 24.4 Å². The summed E-state index contributed by atoms with van der Waals surface area (Å²) in [6, 6.07) is 12.0. The fourth-order valence-corrected chi connectivity index (χ4v) is 2.12. The number of thiophene rings is 1. The van der Waals surface area contributed by atoms with Crippen molar-refractivity contribution in [1.82, 2.24) is 0 Å². The highest BCUT2D eigenvalue weighted by Crippen LogP contribution is 2.27. The molecule has 1 heterocycles. The number of rotatable bonds is 1. The molecular weight excluding hydrogens is 190 g/mol. The van der Waals surface area contributed by atoms with Gasteiger partial charge in [0.1, 0.15) is 0 Å². The quantitative estimate of drug-likeness (QED) is 0.688. The lowest BCUT2D eigenvalue weighted by molar-refractivity contribution is 1.48. The second kappa shape index (κ2) is 3.65. The zero-order valence-electron chi connectivity index (χ0n) is 7.82. The first-order valence-corrected chi connectivity index (χ1v) is 5.24. The SMILES string of the molecule is Cc1cc(-c2ccccc2C#N)cs1. The van der Waals surface area contributed by atoms with E-state index in [4.69, 9.17) is 5.26 Å². The molecule has 0 spiro atoms. The third-order valence-electron chi connectivity index (χ3n) is 2.09. The standard InChI is InChI=1S/C12H9NS/c1-9-6-11(8-14-9)12-5-3-2-4-10(12)7-13/h2-6,8H,1H3. The van der Waals surface area contributed by atoms with Crippen LogP contribution in [0.15, 0.2) is 35.7 Å². The van der Waals surface area contributed by atoms with Crippen molar-refractivity contribution in [2.45, 2.75) is 6.92 Å². The summed E-state index contributed by atoms with van der Waals surface area (Å²) in [5, 5.41) is 11.0. The van der Waals surface area contributed by atoms with Gasteiger partial charge in [-0.3, -0.25) is 0 Å². The first-order valence-electron chi connectivity index (χ1n) is 4.36. The summed E-state index contributed by atoms with van der Waals surface area (Å²) in [7, 11) is 0. The highest BCUT2D eigenvalue weighted by atomic mass is 32.1. The Balaban J connectivity index is 2.57. The third kappa shape index (κ3) is 1.55. The highest BCUT2D eigenvalue weighted by Gasteiger charge is 2.04. The molecule has 0 saturated heterocycles. The Bertz CT molecular complexity index is 491. The van der Waals surface area contributed by atoms with Gasteiger partial charge in [0, 0.05) is 10.4 Å². The van der Waals surface area contributed by atoms with E-state index in [0.717, 1.165) is 16.7 Å². The lowest BCUT2D eigenvalue weighted by Crippen LogP contribution is -1.80. The molecule has 0 aliphatic heterocycles. The van der Waals surface area contributed by atoms with E-state index < -0.39 is 0 Å². The Kier molecular flexibility index (Phi) is 2.34. The number of benzene rings is 1. The maximum absolute atomic E-state index is 8.94. The van der Waals surface area contributed by atoms with Crippen LogP contribution < -0.4 is 0 Å². The van der Waals surface area contributed by atoms with Crippen LogP contribution in [-0.2, 0) is 0 Å². The molecule has 0 bridgehead atoms. The van der Waals surface area contributed by atoms with Gasteiger partial charge in [-0.05, 0) is 30.0 Å². The summed E-state index contributed by atoms with van der Waals surface area (Å²) < 4.78 is 0. The summed E-state index contributed by atoms with van der Waals surface area (Å²) in [6.45, 7) is 2.07. The van der Waals surface area contributed by atoms with Gasteiger partial charge in [-0.2, -0.15) is 5.26 Å². The summed E-state index contributed by atoms with van der Waals surface area (Å²) in [6.07, 6.45) is 0. The summed E-state index contributed by atoms with van der Waals surface area (Å²) >= 11 is 1.71. The Morgan fingerprint density at radius 1 is 1.29 bits per heavy atom. The molecule has 0 radical (unpaired) electrons. The van der Waals surface area contributed by atoms with E-state index in [1.54, 1.807) is 11.3 Å². The van der Waals surface area contributed by atoms with Gasteiger partial charge in [-0.1, -0.05) is 18.2 Å². The van der Waals surface area contributed by atoms with Crippen LogP contribution in [-0.4, -0.2) is 0 Å². The molecule has 0 amide bonds. The number of hydrogen-bond acceptors (Lipinski definition) is 2. The molecule has 2 rings (SSSR count). The predicted molar refractivity (Wildman–Crippen MR) is 59.2 cm³/mol. The highest BCUT2D eigenvalue weighted by molar-refractivity contribution is 7.10. The minimum atomic E-state index is 0.741. The molecule has 0 aliphatic rings. The van der Waals surface area contributed by atoms with Gasteiger partial charge in [0.25, 0.3) is 0 Å². The lowest BCUT2D eigenvalue weighted by atomic mass is 10.0. The van der Waals surface area contributed by atoms with Crippen LogP contribution in [0.5, 0.6) is 0 Å². The van der Waals surface area contributed by atoms with Crippen LogP contribution in [0.25, 0.3) is 11.1 Å². The van der Waals surface area contributed by atoms with Crippen LogP contribution in [0, 0.1) is 18.3 Å². The van der Waals surface area contributed by atoms with Crippen LogP contribution in [0.3, 0.4) is 0 Å². The van der Waals surface area contributed by atoms with Crippen molar-refractivity contribution in [2.75, 3.05) is 0 Å². The van der Waals surface area contributed by atoms with Crippen molar-refractivity contribution in [1.29, 1.82) is 5.26 Å². The molecule has 68 valence electrons. The average Bonchev–Trinajstić information content (AvgIpc) is 2.65. The van der Waals surface area contributed by atoms with E-state index in [0.29, 0.717) is 0 Å². The summed E-state index contributed by atoms with van der Waals surface area (Å²) in [4.78, 5) is 1.27. The zero-order chi connectivity index (χ0) is 9.97. The van der Waals surface area contributed by atoms with Gasteiger partial charge in [-0.25, -0.2) is 0 Å². The van der Waals surface area contributed by atoms with Crippen LogP contribution in [0.2, 0.25) is 0 Å². The smallest absolute Gasteiger partial charge is 0.0998 e. The first-order chi connectivity index (χ1) is 6.81. The van der Waals surface area contributed by atoms with Crippen LogP contribution >= 0.6 is 11.3 Å². The van der Waals surface area contributed by atoms with E-state index in [9.17, 15) is 0 Å². The molecule has 1 aromatic carbocycles. The largest absolute Gasteiger partial charge is 0.192 e. The van der Waals surface area contributed by atoms with Crippen molar-refractivity contribution < 1.29 is 0 Å². The summed E-state index contributed by atoms with van der Waals surface area (Å²) in [5.41, 5.74) is 2.91. The molecule has 0 atom stereocenters. The topological polar surface area (TPSA) is 23.8 Å². The third-order valence-corrected chi connectivity index (χ3v) is 2.95. The Morgan fingerprint density at radius 2 is 2.07 bits per heavy atom. The molecule has 0 N–H and O–H groups in total. The maximum Gasteiger partial charge on any atom is 0.0998 e. The molecule has 2 aromatic rings. The van der Waals surface area contributed by atoms with Crippen molar-refractivity contribution in [3.8, 4) is 17.2 Å². The number of nitrogens with zero attached hydrogens (tertiary/aromatic N) is 1. The van der Waals surface area contributed by atoms with Crippen molar-refractivity contribution >= 4 is 11.3 Å². The Morgan fingerprint density at radius 3 is 2.71 bits per heavy atom. The number of nitriles is 1.